The molecule has 0 aliphatic rings. The maximum absolute atomic E-state index is 12.0. The molecule has 108 valence electrons. The van der Waals surface area contributed by atoms with Crippen LogP contribution in [0.3, 0.4) is 0 Å². The highest BCUT2D eigenvalue weighted by Gasteiger charge is 2.17. The number of ether oxygens (including phenoxy) is 1. The first-order chi connectivity index (χ1) is 8.83. The molecule has 1 aromatic rings. The zero-order chi connectivity index (χ0) is 14.5. The van der Waals surface area contributed by atoms with Crippen molar-refractivity contribution in [3.05, 3.63) is 23.2 Å². The summed E-state index contributed by atoms with van der Waals surface area (Å²) in [5.74, 6) is 0.417. The van der Waals surface area contributed by atoms with Crippen LogP contribution in [-0.4, -0.2) is 28.2 Å². The van der Waals surface area contributed by atoms with Crippen LogP contribution in [-0.2, 0) is 14.8 Å². The van der Waals surface area contributed by atoms with Gasteiger partial charge in [-0.3, -0.25) is 0 Å². The average molecular weight is 307 g/mol. The number of benzene rings is 1. The Morgan fingerprint density at radius 3 is 2.74 bits per heavy atom. The number of hydrogen-bond acceptors (Lipinski definition) is 4. The summed E-state index contributed by atoms with van der Waals surface area (Å²) in [6.07, 6.45) is 0. The first-order valence-corrected chi connectivity index (χ1v) is 7.81. The molecule has 1 rings (SSSR count). The minimum absolute atomic E-state index is 0.0103. The summed E-state index contributed by atoms with van der Waals surface area (Å²) in [5.41, 5.74) is 5.80. The normalized spacial score (nSPS) is 12.0. The van der Waals surface area contributed by atoms with Crippen molar-refractivity contribution in [2.24, 2.45) is 5.92 Å². The lowest BCUT2D eigenvalue weighted by molar-refractivity contribution is 0.114. The molecule has 7 heteroatoms. The highest BCUT2D eigenvalue weighted by atomic mass is 35.5. The average Bonchev–Trinajstić information content (AvgIpc) is 2.31. The summed E-state index contributed by atoms with van der Waals surface area (Å²) in [5, 5.41) is 0.325. The highest BCUT2D eigenvalue weighted by Crippen LogP contribution is 2.22. The van der Waals surface area contributed by atoms with E-state index in [9.17, 15) is 8.42 Å². The van der Waals surface area contributed by atoms with Gasteiger partial charge in [0.2, 0.25) is 10.0 Å². The minimum atomic E-state index is -3.65. The van der Waals surface area contributed by atoms with E-state index < -0.39 is 10.0 Å². The van der Waals surface area contributed by atoms with E-state index in [1.807, 2.05) is 13.8 Å². The number of sulfonamides is 1. The van der Waals surface area contributed by atoms with Crippen molar-refractivity contribution >= 4 is 27.3 Å². The van der Waals surface area contributed by atoms with Crippen LogP contribution in [0.15, 0.2) is 23.1 Å². The van der Waals surface area contributed by atoms with Gasteiger partial charge in [-0.1, -0.05) is 25.4 Å². The van der Waals surface area contributed by atoms with Gasteiger partial charge in [0.15, 0.2) is 0 Å². The van der Waals surface area contributed by atoms with E-state index in [0.717, 1.165) is 0 Å². The van der Waals surface area contributed by atoms with Crippen LogP contribution < -0.4 is 10.5 Å². The molecule has 1 aromatic carbocycles. The van der Waals surface area contributed by atoms with Gasteiger partial charge in [0.1, 0.15) is 4.90 Å². The summed E-state index contributed by atoms with van der Waals surface area (Å²) < 4.78 is 31.7. The van der Waals surface area contributed by atoms with Gasteiger partial charge in [0.25, 0.3) is 0 Å². The molecule has 5 nitrogen and oxygen atoms in total. The van der Waals surface area contributed by atoms with Crippen molar-refractivity contribution in [3.8, 4) is 0 Å². The first kappa shape index (κ1) is 16.2. The van der Waals surface area contributed by atoms with E-state index in [-0.39, 0.29) is 17.1 Å². The molecule has 0 atom stereocenters. The molecule has 0 fully saturated rings. The largest absolute Gasteiger partial charge is 0.398 e. The first-order valence-electron chi connectivity index (χ1n) is 5.95. The van der Waals surface area contributed by atoms with E-state index in [2.05, 4.69) is 4.72 Å². The molecule has 19 heavy (non-hydrogen) atoms. The van der Waals surface area contributed by atoms with Gasteiger partial charge in [-0.2, -0.15) is 0 Å². The second-order valence-electron chi connectivity index (χ2n) is 4.55. The fourth-order valence-electron chi connectivity index (χ4n) is 1.39. The third kappa shape index (κ3) is 5.36. The predicted octanol–water partition coefficient (Wildman–Crippen LogP) is 1.87. The van der Waals surface area contributed by atoms with Gasteiger partial charge in [-0.25, -0.2) is 13.1 Å². The lowest BCUT2D eigenvalue weighted by Gasteiger charge is -2.10. The summed E-state index contributed by atoms with van der Waals surface area (Å²) >= 11 is 5.77. The molecular formula is C12H19ClN2O3S. The molecule has 0 amide bonds. The Kier molecular flexibility index (Phi) is 6.06. The van der Waals surface area contributed by atoms with Gasteiger partial charge in [0, 0.05) is 18.2 Å². The number of nitrogens with two attached hydrogens (primary N) is 1. The molecule has 0 bridgehead atoms. The molecule has 0 aromatic heterocycles. The minimum Gasteiger partial charge on any atom is -0.398 e. The molecule has 0 aliphatic heterocycles. The van der Waals surface area contributed by atoms with E-state index in [1.165, 1.54) is 12.1 Å². The predicted molar refractivity (Wildman–Crippen MR) is 76.7 cm³/mol. The highest BCUT2D eigenvalue weighted by molar-refractivity contribution is 7.89. The van der Waals surface area contributed by atoms with Gasteiger partial charge in [-0.05, 0) is 24.1 Å². The van der Waals surface area contributed by atoms with Crippen molar-refractivity contribution < 1.29 is 13.2 Å². The molecule has 0 saturated heterocycles. The molecule has 3 N–H and O–H groups in total. The quantitative estimate of drug-likeness (QED) is 0.595. The summed E-state index contributed by atoms with van der Waals surface area (Å²) in [4.78, 5) is -0.0103. The molecule has 0 radical (unpaired) electrons. The van der Waals surface area contributed by atoms with Crippen molar-refractivity contribution in [3.63, 3.8) is 0 Å². The Morgan fingerprint density at radius 2 is 2.11 bits per heavy atom. The number of nitrogen functional groups attached to an aromatic ring is 1. The Bertz CT molecular complexity index is 518. The van der Waals surface area contributed by atoms with Crippen LogP contribution in [0.1, 0.15) is 13.8 Å². The number of nitrogens with one attached hydrogen (secondary N) is 1. The Morgan fingerprint density at radius 1 is 1.42 bits per heavy atom. The maximum Gasteiger partial charge on any atom is 0.242 e. The van der Waals surface area contributed by atoms with Gasteiger partial charge in [0.05, 0.1) is 12.3 Å². The van der Waals surface area contributed by atoms with Crippen molar-refractivity contribution in [2.75, 3.05) is 25.5 Å². The number of hydrogen-bond donors (Lipinski definition) is 2. The fourth-order valence-corrected chi connectivity index (χ4v) is 2.79. The molecular weight excluding hydrogens is 288 g/mol. The van der Waals surface area contributed by atoms with Crippen LogP contribution in [0.2, 0.25) is 5.02 Å². The van der Waals surface area contributed by atoms with Crippen LogP contribution in [0.5, 0.6) is 0 Å². The monoisotopic (exact) mass is 306 g/mol. The summed E-state index contributed by atoms with van der Waals surface area (Å²) in [6.45, 7) is 5.16. The van der Waals surface area contributed by atoms with Gasteiger partial charge < -0.3 is 10.5 Å². The molecule has 0 spiro atoms. The second kappa shape index (κ2) is 7.09. The van der Waals surface area contributed by atoms with Gasteiger partial charge >= 0.3 is 0 Å². The lowest BCUT2D eigenvalue weighted by atomic mass is 10.2. The van der Waals surface area contributed by atoms with Crippen molar-refractivity contribution in [2.45, 2.75) is 18.7 Å². The second-order valence-corrected chi connectivity index (χ2v) is 6.72. The Labute approximate surface area is 119 Å². The van der Waals surface area contributed by atoms with Crippen LogP contribution in [0, 0.1) is 5.92 Å². The molecule has 0 saturated carbocycles. The van der Waals surface area contributed by atoms with E-state index in [4.69, 9.17) is 22.1 Å². The third-order valence-electron chi connectivity index (χ3n) is 2.25. The smallest absolute Gasteiger partial charge is 0.242 e. The van der Waals surface area contributed by atoms with Crippen LogP contribution in [0.4, 0.5) is 5.69 Å². The number of rotatable bonds is 7. The SMILES string of the molecule is CC(C)COCCNS(=O)(=O)c1cc(Cl)ccc1N. The lowest BCUT2D eigenvalue weighted by Crippen LogP contribution is -2.28. The van der Waals surface area contributed by atoms with E-state index >= 15 is 0 Å². The van der Waals surface area contributed by atoms with Crippen LogP contribution in [0.25, 0.3) is 0 Å². The topological polar surface area (TPSA) is 81.4 Å². The zero-order valence-corrected chi connectivity index (χ0v) is 12.6. The van der Waals surface area contributed by atoms with Crippen LogP contribution >= 0.6 is 11.6 Å². The zero-order valence-electron chi connectivity index (χ0n) is 11.0. The fraction of sp³-hybridized carbons (Fsp3) is 0.500. The molecule has 0 aliphatic carbocycles. The van der Waals surface area contributed by atoms with E-state index in [0.29, 0.717) is 24.2 Å². The molecule has 0 heterocycles. The molecule has 0 unspecified atom stereocenters. The van der Waals surface area contributed by atoms with Crippen molar-refractivity contribution in [1.29, 1.82) is 0 Å². The standard InChI is InChI=1S/C12H19ClN2O3S/c1-9(2)8-18-6-5-15-19(16,17)12-7-10(13)3-4-11(12)14/h3-4,7,9,15H,5-6,8,14H2,1-2H3. The number of halogens is 1. The Hall–Kier alpha value is -0.820. The third-order valence-corrected chi connectivity index (χ3v) is 4.01. The summed E-state index contributed by atoms with van der Waals surface area (Å²) in [7, 11) is -3.65. The van der Waals surface area contributed by atoms with Crippen molar-refractivity contribution in [1.82, 2.24) is 4.72 Å². The summed E-state index contributed by atoms with van der Waals surface area (Å²) in [6, 6.07) is 4.34. The number of anilines is 1. The van der Waals surface area contributed by atoms with Gasteiger partial charge in [-0.15, -0.1) is 0 Å². The van der Waals surface area contributed by atoms with E-state index in [1.54, 1.807) is 6.07 Å². The Balaban J connectivity index is 2.59. The maximum atomic E-state index is 12.0.